The van der Waals surface area contributed by atoms with Gasteiger partial charge in [0.25, 0.3) is 0 Å². The highest BCUT2D eigenvalue weighted by atomic mass is 19.4. The lowest BCUT2D eigenvalue weighted by Gasteiger charge is -2.18. The number of aliphatic imine (C=N–C) groups is 1. The molecule has 0 aromatic rings. The predicted molar refractivity (Wildman–Crippen MR) is 41.4 cm³/mol. The quantitative estimate of drug-likeness (QED) is 0.570. The van der Waals surface area contributed by atoms with Crippen molar-refractivity contribution in [2.75, 3.05) is 0 Å². The highest BCUT2D eigenvalue weighted by Crippen LogP contribution is 2.32. The lowest BCUT2D eigenvalue weighted by molar-refractivity contribution is -0.0954. The van der Waals surface area contributed by atoms with Crippen LogP contribution in [0.2, 0.25) is 0 Å². The molecule has 0 spiro atoms. The van der Waals surface area contributed by atoms with E-state index in [1.807, 2.05) is 0 Å². The van der Waals surface area contributed by atoms with Crippen molar-refractivity contribution in [3.05, 3.63) is 11.8 Å². The predicted octanol–water partition coefficient (Wildman–Crippen LogP) is 3.03. The van der Waals surface area contributed by atoms with E-state index in [1.54, 1.807) is 6.92 Å². The number of halogens is 4. The summed E-state index contributed by atoms with van der Waals surface area (Å²) in [4.78, 5) is 3.44. The third kappa shape index (κ3) is 2.29. The maximum atomic E-state index is 13.0. The Hall–Kier alpha value is -0.870. The van der Waals surface area contributed by atoms with E-state index in [0.29, 0.717) is 6.42 Å². The Bertz CT molecular complexity index is 251. The van der Waals surface area contributed by atoms with E-state index in [9.17, 15) is 17.6 Å². The fraction of sp³-hybridized carbons (Fsp3) is 0.625. The smallest absolute Gasteiger partial charge is 0.262 e. The zero-order valence-electron chi connectivity index (χ0n) is 7.03. The molecule has 0 saturated heterocycles. The maximum absolute atomic E-state index is 13.0. The topological polar surface area (TPSA) is 12.4 Å². The normalized spacial score (nSPS) is 23.9. The summed E-state index contributed by atoms with van der Waals surface area (Å²) < 4.78 is 49.1. The Labute approximate surface area is 73.2 Å². The standard InChI is InChI=1S/C8H9F4N/c1-2-7-6(9)3-5(4-13-7)8(10,11)12/h4,6H,2-3H2,1H3. The number of nitrogens with zero attached hydrogens (tertiary/aromatic N) is 1. The molecule has 1 aliphatic rings. The molecule has 0 radical (unpaired) electrons. The van der Waals surface area contributed by atoms with Crippen molar-refractivity contribution < 1.29 is 17.6 Å². The van der Waals surface area contributed by atoms with Crippen molar-refractivity contribution in [1.82, 2.24) is 0 Å². The Balaban J connectivity index is 2.84. The molecule has 0 N–H and O–H groups in total. The van der Waals surface area contributed by atoms with Crippen molar-refractivity contribution in [3.63, 3.8) is 0 Å². The molecule has 0 aromatic heterocycles. The van der Waals surface area contributed by atoms with Gasteiger partial charge in [0, 0.05) is 12.6 Å². The average Bonchev–Trinajstić information content (AvgIpc) is 2.02. The van der Waals surface area contributed by atoms with Gasteiger partial charge in [-0.25, -0.2) is 4.39 Å². The molecule has 5 heteroatoms. The monoisotopic (exact) mass is 195 g/mol. The largest absolute Gasteiger partial charge is 0.414 e. The van der Waals surface area contributed by atoms with Crippen LogP contribution < -0.4 is 0 Å². The second-order valence-electron chi connectivity index (χ2n) is 2.80. The van der Waals surface area contributed by atoms with Crippen LogP contribution in [0, 0.1) is 0 Å². The van der Waals surface area contributed by atoms with Crippen molar-refractivity contribution in [2.24, 2.45) is 4.99 Å². The van der Waals surface area contributed by atoms with Crippen LogP contribution in [0.25, 0.3) is 0 Å². The van der Waals surface area contributed by atoms with Crippen LogP contribution in [-0.2, 0) is 0 Å². The van der Waals surface area contributed by atoms with Crippen LogP contribution >= 0.6 is 0 Å². The van der Waals surface area contributed by atoms with Crippen molar-refractivity contribution in [2.45, 2.75) is 32.1 Å². The van der Waals surface area contributed by atoms with Crippen LogP contribution in [0.3, 0.4) is 0 Å². The zero-order chi connectivity index (χ0) is 10.1. The van der Waals surface area contributed by atoms with Gasteiger partial charge in [0.05, 0.1) is 11.3 Å². The van der Waals surface area contributed by atoms with Gasteiger partial charge in [0.1, 0.15) is 6.17 Å². The first-order chi connectivity index (χ1) is 5.95. The minimum absolute atomic E-state index is 0.188. The highest BCUT2D eigenvalue weighted by Gasteiger charge is 2.37. The van der Waals surface area contributed by atoms with E-state index in [0.717, 1.165) is 6.20 Å². The molecule has 1 rings (SSSR count). The van der Waals surface area contributed by atoms with E-state index < -0.39 is 24.3 Å². The van der Waals surface area contributed by atoms with Gasteiger partial charge in [-0.15, -0.1) is 0 Å². The number of hydrogen-bond donors (Lipinski definition) is 0. The first-order valence-corrected chi connectivity index (χ1v) is 3.92. The summed E-state index contributed by atoms with van der Waals surface area (Å²) in [7, 11) is 0. The molecule has 1 atom stereocenters. The molecule has 13 heavy (non-hydrogen) atoms. The summed E-state index contributed by atoms with van der Waals surface area (Å²) in [6.07, 6.45) is -5.56. The molecule has 0 aromatic carbocycles. The first-order valence-electron chi connectivity index (χ1n) is 3.92. The summed E-state index contributed by atoms with van der Waals surface area (Å²) in [6.45, 7) is 1.66. The van der Waals surface area contributed by atoms with Crippen LogP contribution in [0.1, 0.15) is 19.8 Å². The van der Waals surface area contributed by atoms with Crippen LogP contribution in [-0.4, -0.2) is 18.1 Å². The molecule has 0 bridgehead atoms. The van der Waals surface area contributed by atoms with E-state index >= 15 is 0 Å². The number of rotatable bonds is 1. The Kier molecular flexibility index (Phi) is 2.73. The van der Waals surface area contributed by atoms with E-state index in [1.165, 1.54) is 0 Å². The minimum Gasteiger partial charge on any atom is -0.262 e. The maximum Gasteiger partial charge on any atom is 0.414 e. The summed E-state index contributed by atoms with van der Waals surface area (Å²) in [5.41, 5.74) is -0.704. The molecule has 1 nitrogen and oxygen atoms in total. The van der Waals surface area contributed by atoms with Crippen molar-refractivity contribution in [3.8, 4) is 0 Å². The van der Waals surface area contributed by atoms with E-state index in [4.69, 9.17) is 0 Å². The van der Waals surface area contributed by atoms with E-state index in [-0.39, 0.29) is 5.71 Å². The summed E-state index contributed by atoms with van der Waals surface area (Å²) in [6, 6.07) is 0. The van der Waals surface area contributed by atoms with Crippen LogP contribution in [0.4, 0.5) is 17.6 Å². The van der Waals surface area contributed by atoms with Gasteiger partial charge in [-0.3, -0.25) is 4.99 Å². The van der Waals surface area contributed by atoms with Gasteiger partial charge in [0.15, 0.2) is 0 Å². The minimum atomic E-state index is -4.45. The highest BCUT2D eigenvalue weighted by molar-refractivity contribution is 5.90. The molecule has 0 amide bonds. The zero-order valence-corrected chi connectivity index (χ0v) is 7.03. The Morgan fingerprint density at radius 1 is 1.54 bits per heavy atom. The third-order valence-corrected chi connectivity index (χ3v) is 1.87. The lowest BCUT2D eigenvalue weighted by atomic mass is 10.0. The van der Waals surface area contributed by atoms with E-state index in [2.05, 4.69) is 4.99 Å². The number of alkyl halides is 4. The molecular weight excluding hydrogens is 186 g/mol. The molecule has 0 aliphatic carbocycles. The molecule has 0 saturated carbocycles. The molecule has 1 heterocycles. The Morgan fingerprint density at radius 2 is 2.15 bits per heavy atom. The molecule has 74 valence electrons. The third-order valence-electron chi connectivity index (χ3n) is 1.87. The molecule has 1 aliphatic heterocycles. The molecule has 1 unspecified atom stereocenters. The first kappa shape index (κ1) is 10.2. The lowest BCUT2D eigenvalue weighted by Crippen LogP contribution is -2.24. The summed E-state index contributed by atoms with van der Waals surface area (Å²) in [5, 5.41) is 0. The fourth-order valence-electron chi connectivity index (χ4n) is 1.11. The average molecular weight is 195 g/mol. The van der Waals surface area contributed by atoms with Crippen molar-refractivity contribution >= 4 is 5.71 Å². The van der Waals surface area contributed by atoms with Gasteiger partial charge >= 0.3 is 6.18 Å². The van der Waals surface area contributed by atoms with Crippen LogP contribution in [0.15, 0.2) is 16.8 Å². The van der Waals surface area contributed by atoms with Gasteiger partial charge in [-0.2, -0.15) is 13.2 Å². The fourth-order valence-corrected chi connectivity index (χ4v) is 1.11. The SMILES string of the molecule is CCC1=NC=C(C(F)(F)F)CC1F. The second kappa shape index (κ2) is 3.47. The van der Waals surface area contributed by atoms with Gasteiger partial charge < -0.3 is 0 Å². The number of allylic oxidation sites excluding steroid dienone is 1. The van der Waals surface area contributed by atoms with Gasteiger partial charge in [-0.1, -0.05) is 6.92 Å². The summed E-state index contributed by atoms with van der Waals surface area (Å²) in [5.74, 6) is 0. The van der Waals surface area contributed by atoms with Crippen LogP contribution in [0.5, 0.6) is 0 Å². The van der Waals surface area contributed by atoms with Gasteiger partial charge in [-0.05, 0) is 6.42 Å². The van der Waals surface area contributed by atoms with Crippen molar-refractivity contribution in [1.29, 1.82) is 0 Å². The summed E-state index contributed by atoms with van der Waals surface area (Å²) >= 11 is 0. The van der Waals surface area contributed by atoms with Gasteiger partial charge in [0.2, 0.25) is 0 Å². The molecule has 0 fully saturated rings. The Morgan fingerprint density at radius 3 is 2.54 bits per heavy atom. The number of hydrogen-bond acceptors (Lipinski definition) is 1. The molecular formula is C8H9F4N. The second-order valence-corrected chi connectivity index (χ2v) is 2.80.